The van der Waals surface area contributed by atoms with Crippen LogP contribution in [-0.4, -0.2) is 27.8 Å². The van der Waals surface area contributed by atoms with Gasteiger partial charge in [-0.2, -0.15) is 5.10 Å². The third-order valence-corrected chi connectivity index (χ3v) is 4.97. The summed E-state index contributed by atoms with van der Waals surface area (Å²) < 4.78 is 6.94. The summed E-state index contributed by atoms with van der Waals surface area (Å²) in [5.41, 5.74) is 4.10. The number of hydrogen-bond acceptors (Lipinski definition) is 5. The average molecular weight is 390 g/mol. The van der Waals surface area contributed by atoms with E-state index in [4.69, 9.17) is 4.74 Å². The molecule has 0 aliphatic heterocycles. The molecule has 0 saturated heterocycles. The number of carbonyl (C=O) groups is 1. The van der Waals surface area contributed by atoms with Crippen LogP contribution in [0.3, 0.4) is 0 Å². The van der Waals surface area contributed by atoms with E-state index in [0.29, 0.717) is 16.4 Å². The van der Waals surface area contributed by atoms with Crippen LogP contribution in [0.5, 0.6) is 5.75 Å². The number of aryl methyl sites for hydroxylation is 1. The maximum atomic E-state index is 12.5. The first-order chi connectivity index (χ1) is 13.6. The number of carbonyl (C=O) groups excluding carboxylic acids is 1. The highest BCUT2D eigenvalue weighted by atomic mass is 32.1. The first kappa shape index (κ1) is 17.9. The highest BCUT2D eigenvalue weighted by Crippen LogP contribution is 2.32. The van der Waals surface area contributed by atoms with Gasteiger partial charge in [0.2, 0.25) is 0 Å². The van der Waals surface area contributed by atoms with Crippen molar-refractivity contribution in [2.75, 3.05) is 12.4 Å². The molecular weight excluding hydrogens is 372 g/mol. The molecule has 0 spiro atoms. The highest BCUT2D eigenvalue weighted by Gasteiger charge is 2.16. The third-order valence-electron chi connectivity index (χ3n) is 4.21. The summed E-state index contributed by atoms with van der Waals surface area (Å²) in [6, 6.07) is 17.0. The number of nitrogens with zero attached hydrogens (tertiary/aromatic N) is 3. The fraction of sp³-hybridized carbons (Fsp3) is 0.0952. The minimum Gasteiger partial charge on any atom is -0.497 e. The van der Waals surface area contributed by atoms with E-state index in [1.54, 1.807) is 36.1 Å². The van der Waals surface area contributed by atoms with Crippen molar-refractivity contribution in [2.24, 2.45) is 7.05 Å². The van der Waals surface area contributed by atoms with Gasteiger partial charge >= 0.3 is 0 Å². The average Bonchev–Trinajstić information content (AvgIpc) is 3.35. The Kier molecular flexibility index (Phi) is 4.90. The molecule has 4 rings (SSSR count). The lowest BCUT2D eigenvalue weighted by Crippen LogP contribution is -2.11. The Bertz CT molecular complexity index is 1120. The van der Waals surface area contributed by atoms with Crippen molar-refractivity contribution in [1.29, 1.82) is 0 Å². The number of rotatable bonds is 5. The van der Waals surface area contributed by atoms with Crippen molar-refractivity contribution < 1.29 is 9.53 Å². The van der Waals surface area contributed by atoms with Gasteiger partial charge in [0.05, 0.1) is 12.8 Å². The Balaban J connectivity index is 1.59. The lowest BCUT2D eigenvalue weighted by atomic mass is 10.1. The number of nitrogens with one attached hydrogen (secondary N) is 1. The summed E-state index contributed by atoms with van der Waals surface area (Å²) in [5, 5.41) is 9.88. The summed E-state index contributed by atoms with van der Waals surface area (Å²) >= 11 is 1.38. The predicted octanol–water partition coefficient (Wildman–Crippen LogP) is 4.47. The number of amides is 1. The van der Waals surface area contributed by atoms with E-state index in [-0.39, 0.29) is 5.91 Å². The molecule has 0 saturated carbocycles. The maximum Gasteiger partial charge on any atom is 0.257 e. The molecule has 4 aromatic rings. The zero-order valence-corrected chi connectivity index (χ0v) is 16.2. The minimum atomic E-state index is -0.228. The molecular formula is C21H18N4O2S. The van der Waals surface area contributed by atoms with Gasteiger partial charge in [-0.05, 0) is 18.2 Å². The van der Waals surface area contributed by atoms with Gasteiger partial charge in [-0.25, -0.2) is 4.98 Å². The summed E-state index contributed by atoms with van der Waals surface area (Å²) in [6.07, 6.45) is 1.94. The smallest absolute Gasteiger partial charge is 0.257 e. The Morgan fingerprint density at radius 3 is 2.75 bits per heavy atom. The molecule has 1 amide bonds. The van der Waals surface area contributed by atoms with Crippen LogP contribution in [0.25, 0.3) is 22.5 Å². The van der Waals surface area contributed by atoms with Crippen LogP contribution >= 0.6 is 11.3 Å². The van der Waals surface area contributed by atoms with Crippen LogP contribution in [0.15, 0.2) is 66.2 Å². The van der Waals surface area contributed by atoms with Gasteiger partial charge in [0, 0.05) is 35.3 Å². The summed E-state index contributed by atoms with van der Waals surface area (Å²) in [4.78, 5) is 17.1. The number of hydrogen-bond donors (Lipinski definition) is 1. The SMILES string of the molecule is COc1cccc(C(=O)Nc2nc(-c3cn(C)nc3-c3ccccc3)cs2)c1. The quantitative estimate of drug-likeness (QED) is 0.546. The molecule has 1 N–H and O–H groups in total. The molecule has 2 aromatic carbocycles. The molecule has 7 heteroatoms. The monoisotopic (exact) mass is 390 g/mol. The molecule has 28 heavy (non-hydrogen) atoms. The number of methoxy groups -OCH3 is 1. The zero-order chi connectivity index (χ0) is 19.5. The van der Waals surface area contributed by atoms with Crippen molar-refractivity contribution in [2.45, 2.75) is 0 Å². The van der Waals surface area contributed by atoms with Gasteiger partial charge in [-0.3, -0.25) is 14.8 Å². The van der Waals surface area contributed by atoms with Crippen molar-refractivity contribution in [3.8, 4) is 28.3 Å². The molecule has 2 aromatic heterocycles. The molecule has 0 unspecified atom stereocenters. The standard InChI is InChI=1S/C21H18N4O2S/c1-25-12-17(19(24-25)14-7-4-3-5-8-14)18-13-28-21(22-18)23-20(26)15-9-6-10-16(11-15)27-2/h3-13H,1-2H3,(H,22,23,26). The highest BCUT2D eigenvalue weighted by molar-refractivity contribution is 7.14. The fourth-order valence-corrected chi connectivity index (χ4v) is 3.58. The number of thiazole rings is 1. The van der Waals surface area contributed by atoms with E-state index < -0.39 is 0 Å². The molecule has 0 atom stereocenters. The zero-order valence-electron chi connectivity index (χ0n) is 15.4. The largest absolute Gasteiger partial charge is 0.497 e. The van der Waals surface area contributed by atoms with Gasteiger partial charge in [-0.15, -0.1) is 11.3 Å². The Morgan fingerprint density at radius 1 is 1.14 bits per heavy atom. The Morgan fingerprint density at radius 2 is 1.96 bits per heavy atom. The van der Waals surface area contributed by atoms with E-state index >= 15 is 0 Å². The molecule has 0 aliphatic carbocycles. The van der Waals surface area contributed by atoms with Crippen molar-refractivity contribution >= 4 is 22.4 Å². The van der Waals surface area contributed by atoms with Crippen LogP contribution < -0.4 is 10.1 Å². The maximum absolute atomic E-state index is 12.5. The predicted molar refractivity (Wildman–Crippen MR) is 111 cm³/mol. The lowest BCUT2D eigenvalue weighted by molar-refractivity contribution is 0.102. The van der Waals surface area contributed by atoms with Gasteiger partial charge in [0.1, 0.15) is 11.4 Å². The van der Waals surface area contributed by atoms with Crippen molar-refractivity contribution in [3.05, 3.63) is 71.7 Å². The van der Waals surface area contributed by atoms with Crippen LogP contribution in [0.4, 0.5) is 5.13 Å². The molecule has 2 heterocycles. The van der Waals surface area contributed by atoms with Crippen LogP contribution in [0, 0.1) is 0 Å². The summed E-state index contributed by atoms with van der Waals surface area (Å²) in [6.45, 7) is 0. The molecule has 0 bridgehead atoms. The number of aromatic nitrogens is 3. The van der Waals surface area contributed by atoms with Crippen LogP contribution in [-0.2, 0) is 7.05 Å². The molecule has 0 fully saturated rings. The fourth-order valence-electron chi connectivity index (χ4n) is 2.87. The first-order valence-electron chi connectivity index (χ1n) is 8.64. The number of benzene rings is 2. The Labute approximate surface area is 166 Å². The van der Waals surface area contributed by atoms with E-state index in [2.05, 4.69) is 15.4 Å². The molecule has 0 radical (unpaired) electrons. The second kappa shape index (κ2) is 7.66. The lowest BCUT2D eigenvalue weighted by Gasteiger charge is -2.04. The van der Waals surface area contributed by atoms with Gasteiger partial charge in [0.25, 0.3) is 5.91 Å². The Hall–Kier alpha value is -3.45. The molecule has 0 aliphatic rings. The number of anilines is 1. The molecule has 140 valence electrons. The van der Waals surface area contributed by atoms with Crippen molar-refractivity contribution in [1.82, 2.24) is 14.8 Å². The van der Waals surface area contributed by atoms with Crippen LogP contribution in [0.1, 0.15) is 10.4 Å². The van der Waals surface area contributed by atoms with E-state index in [0.717, 1.165) is 22.5 Å². The van der Waals surface area contributed by atoms with Gasteiger partial charge in [-0.1, -0.05) is 36.4 Å². The second-order valence-electron chi connectivity index (χ2n) is 6.16. The van der Waals surface area contributed by atoms with Gasteiger partial charge in [0.15, 0.2) is 5.13 Å². The summed E-state index contributed by atoms with van der Waals surface area (Å²) in [5.74, 6) is 0.407. The third kappa shape index (κ3) is 3.65. The summed E-state index contributed by atoms with van der Waals surface area (Å²) in [7, 11) is 3.45. The normalized spacial score (nSPS) is 10.6. The van der Waals surface area contributed by atoms with E-state index in [9.17, 15) is 4.79 Å². The van der Waals surface area contributed by atoms with E-state index in [1.165, 1.54) is 11.3 Å². The van der Waals surface area contributed by atoms with Crippen molar-refractivity contribution in [3.63, 3.8) is 0 Å². The second-order valence-corrected chi connectivity index (χ2v) is 7.01. The number of ether oxygens (including phenoxy) is 1. The first-order valence-corrected chi connectivity index (χ1v) is 9.52. The minimum absolute atomic E-state index is 0.228. The molecule has 6 nitrogen and oxygen atoms in total. The van der Waals surface area contributed by atoms with E-state index in [1.807, 2.05) is 49.0 Å². The van der Waals surface area contributed by atoms with Gasteiger partial charge < -0.3 is 4.74 Å². The van der Waals surface area contributed by atoms with Crippen LogP contribution in [0.2, 0.25) is 0 Å². The topological polar surface area (TPSA) is 69.0 Å².